The van der Waals surface area contributed by atoms with Crippen molar-refractivity contribution in [3.05, 3.63) is 72.2 Å². The van der Waals surface area contributed by atoms with Gasteiger partial charge in [0.1, 0.15) is 29.2 Å². The number of ether oxygens (including phenoxy) is 1. The lowest BCUT2D eigenvalue weighted by atomic mass is 10.2. The number of amides is 1. The molecular formula is C29H29N9O2. The molecule has 4 aromatic rings. The van der Waals surface area contributed by atoms with E-state index in [1.165, 1.54) is 19.1 Å². The summed E-state index contributed by atoms with van der Waals surface area (Å²) in [7, 11) is 0. The van der Waals surface area contributed by atoms with Gasteiger partial charge in [-0.15, -0.1) is 0 Å². The number of nitrogens with zero attached hydrogens (tertiary/aromatic N) is 7. The number of nitrogens with two attached hydrogens (primary N) is 1. The van der Waals surface area contributed by atoms with Gasteiger partial charge in [-0.05, 0) is 74.8 Å². The number of carbonyl (C=O) groups is 1. The van der Waals surface area contributed by atoms with E-state index in [0.717, 1.165) is 42.9 Å². The number of rotatable bonds is 8. The first-order valence-electron chi connectivity index (χ1n) is 13.2. The Kier molecular flexibility index (Phi) is 7.02. The molecule has 202 valence electrons. The number of pyridine rings is 2. The highest BCUT2D eigenvalue weighted by Gasteiger charge is 2.28. The molecule has 0 spiro atoms. The number of anilines is 3. The molecule has 0 atom stereocenters. The maximum Gasteiger partial charge on any atom is 0.255 e. The standard InChI is InChI=1S/C29H29N9O2/c1-19-15-21(3-5-24(19)40-22-7-10-31-25(16-22)32-17-30)35-28-27-23(33-18-34-28)4-6-26(36-27)38-14-9-20(29(38)39)8-13-37-11-2-12-37/h3-8,10,15-18H,2,9,11-14H2,1H3,(H2,30,31,32)(H,33,34,35)/b20-8+. The monoisotopic (exact) mass is 535 g/mol. The predicted molar refractivity (Wildman–Crippen MR) is 155 cm³/mol. The Morgan fingerprint density at radius 2 is 2.00 bits per heavy atom. The van der Waals surface area contributed by atoms with Crippen LogP contribution in [-0.2, 0) is 4.79 Å². The normalized spacial score (nSPS) is 16.7. The Balaban J connectivity index is 1.21. The van der Waals surface area contributed by atoms with Crippen LogP contribution in [0.5, 0.6) is 11.5 Å². The molecule has 1 amide bonds. The number of fused-ring (bicyclic) bond motifs is 1. The smallest absolute Gasteiger partial charge is 0.255 e. The van der Waals surface area contributed by atoms with Crippen LogP contribution in [0.25, 0.3) is 11.0 Å². The van der Waals surface area contributed by atoms with Crippen molar-refractivity contribution in [2.75, 3.05) is 36.4 Å². The van der Waals surface area contributed by atoms with Crippen LogP contribution in [0.1, 0.15) is 18.4 Å². The van der Waals surface area contributed by atoms with Gasteiger partial charge in [0.2, 0.25) is 0 Å². The molecule has 0 saturated carbocycles. The lowest BCUT2D eigenvalue weighted by molar-refractivity contribution is -0.114. The number of aliphatic imine (C=N–C) groups is 1. The molecule has 0 unspecified atom stereocenters. The summed E-state index contributed by atoms with van der Waals surface area (Å²) in [5.41, 5.74) is 9.22. The molecule has 6 rings (SSSR count). The van der Waals surface area contributed by atoms with Crippen molar-refractivity contribution in [1.82, 2.24) is 24.8 Å². The molecule has 11 nitrogen and oxygen atoms in total. The molecular weight excluding hydrogens is 506 g/mol. The first kappa shape index (κ1) is 25.4. The SMILES string of the molecule is Cc1cc(Nc2ncnc3ccc(N4CC/C(=C\CN5CCC5)C4=O)nc23)ccc1Oc1ccnc(N=CN)c1. The largest absolute Gasteiger partial charge is 0.457 e. The van der Waals surface area contributed by atoms with E-state index in [1.54, 1.807) is 23.2 Å². The summed E-state index contributed by atoms with van der Waals surface area (Å²) < 4.78 is 6.04. The van der Waals surface area contributed by atoms with Gasteiger partial charge in [-0.25, -0.2) is 24.9 Å². The summed E-state index contributed by atoms with van der Waals surface area (Å²) in [6.07, 6.45) is 8.33. The number of aromatic nitrogens is 4. The van der Waals surface area contributed by atoms with Crippen molar-refractivity contribution in [1.29, 1.82) is 0 Å². The second-order valence-electron chi connectivity index (χ2n) is 9.69. The summed E-state index contributed by atoms with van der Waals surface area (Å²) in [5.74, 6) is 2.93. The fourth-order valence-corrected chi connectivity index (χ4v) is 4.71. The minimum Gasteiger partial charge on any atom is -0.457 e. The average molecular weight is 536 g/mol. The molecule has 5 heterocycles. The Morgan fingerprint density at radius 1 is 1.10 bits per heavy atom. The van der Waals surface area contributed by atoms with E-state index in [1.807, 2.05) is 37.3 Å². The van der Waals surface area contributed by atoms with Crippen LogP contribution in [-0.4, -0.2) is 63.3 Å². The van der Waals surface area contributed by atoms with Gasteiger partial charge in [-0.2, -0.15) is 0 Å². The van der Waals surface area contributed by atoms with Crippen LogP contribution >= 0.6 is 0 Å². The third-order valence-corrected chi connectivity index (χ3v) is 7.00. The zero-order chi connectivity index (χ0) is 27.5. The van der Waals surface area contributed by atoms with E-state index < -0.39 is 0 Å². The number of nitrogens with one attached hydrogen (secondary N) is 1. The average Bonchev–Trinajstić information content (AvgIpc) is 3.30. The van der Waals surface area contributed by atoms with Crippen LogP contribution in [0, 0.1) is 6.92 Å². The van der Waals surface area contributed by atoms with Crippen molar-refractivity contribution in [2.45, 2.75) is 19.8 Å². The first-order valence-corrected chi connectivity index (χ1v) is 13.2. The highest BCUT2D eigenvalue weighted by atomic mass is 16.5. The van der Waals surface area contributed by atoms with Gasteiger partial charge >= 0.3 is 0 Å². The van der Waals surface area contributed by atoms with Crippen LogP contribution < -0.4 is 20.7 Å². The summed E-state index contributed by atoms with van der Waals surface area (Å²) in [4.78, 5) is 38.9. The molecule has 0 aliphatic carbocycles. The van der Waals surface area contributed by atoms with Crippen LogP contribution in [0.2, 0.25) is 0 Å². The lowest BCUT2D eigenvalue weighted by Gasteiger charge is -2.29. The quantitative estimate of drug-likeness (QED) is 0.193. The number of aryl methyl sites for hydroxylation is 1. The van der Waals surface area contributed by atoms with Crippen LogP contribution in [0.4, 0.5) is 23.1 Å². The topological polar surface area (TPSA) is 135 Å². The highest BCUT2D eigenvalue weighted by Crippen LogP contribution is 2.31. The summed E-state index contributed by atoms with van der Waals surface area (Å²) in [5, 5.41) is 3.36. The second-order valence-corrected chi connectivity index (χ2v) is 9.69. The third-order valence-electron chi connectivity index (χ3n) is 7.00. The Morgan fingerprint density at radius 3 is 2.80 bits per heavy atom. The van der Waals surface area contributed by atoms with Gasteiger partial charge in [-0.1, -0.05) is 6.08 Å². The first-order chi connectivity index (χ1) is 19.6. The van der Waals surface area contributed by atoms with Crippen molar-refractivity contribution in [3.63, 3.8) is 0 Å². The van der Waals surface area contributed by atoms with E-state index in [2.05, 4.69) is 36.2 Å². The number of hydrogen-bond acceptors (Lipinski definition) is 9. The van der Waals surface area contributed by atoms with Gasteiger partial charge in [-0.3, -0.25) is 14.6 Å². The zero-order valence-corrected chi connectivity index (χ0v) is 22.1. The molecule has 0 radical (unpaired) electrons. The van der Waals surface area contributed by atoms with E-state index in [-0.39, 0.29) is 5.91 Å². The zero-order valence-electron chi connectivity index (χ0n) is 22.1. The molecule has 11 heteroatoms. The van der Waals surface area contributed by atoms with E-state index in [4.69, 9.17) is 15.5 Å². The molecule has 2 saturated heterocycles. The fraction of sp³-hybridized carbons (Fsp3) is 0.241. The Labute approximate surface area is 231 Å². The van der Waals surface area contributed by atoms with E-state index in [9.17, 15) is 4.79 Å². The molecule has 3 N–H and O–H groups in total. The molecule has 1 aromatic carbocycles. The molecule has 2 aliphatic heterocycles. The molecule has 40 heavy (non-hydrogen) atoms. The van der Waals surface area contributed by atoms with Crippen LogP contribution in [0.15, 0.2) is 71.6 Å². The minimum absolute atomic E-state index is 0.0149. The maximum absolute atomic E-state index is 13.1. The molecule has 0 bridgehead atoms. The van der Waals surface area contributed by atoms with Gasteiger partial charge in [0, 0.05) is 36.6 Å². The highest BCUT2D eigenvalue weighted by molar-refractivity contribution is 6.08. The van der Waals surface area contributed by atoms with Crippen molar-refractivity contribution >= 4 is 46.4 Å². The van der Waals surface area contributed by atoms with E-state index >= 15 is 0 Å². The molecule has 2 aliphatic rings. The summed E-state index contributed by atoms with van der Waals surface area (Å²) in [6.45, 7) is 5.61. The van der Waals surface area contributed by atoms with Crippen molar-refractivity contribution < 1.29 is 9.53 Å². The molecule has 2 fully saturated rings. The number of benzene rings is 1. The minimum atomic E-state index is 0.0149. The van der Waals surface area contributed by atoms with Gasteiger partial charge < -0.3 is 15.8 Å². The summed E-state index contributed by atoms with van der Waals surface area (Å²) in [6, 6.07) is 12.9. The fourth-order valence-electron chi connectivity index (χ4n) is 4.71. The van der Waals surface area contributed by atoms with Crippen molar-refractivity contribution in [2.24, 2.45) is 10.7 Å². The van der Waals surface area contributed by atoms with Crippen molar-refractivity contribution in [3.8, 4) is 11.5 Å². The number of likely N-dealkylation sites (tertiary alicyclic amines) is 1. The predicted octanol–water partition coefficient (Wildman–Crippen LogP) is 4.25. The van der Waals surface area contributed by atoms with Gasteiger partial charge in [0.25, 0.3) is 5.91 Å². The summed E-state index contributed by atoms with van der Waals surface area (Å²) >= 11 is 0. The number of carbonyl (C=O) groups excluding carboxylic acids is 1. The Bertz CT molecular complexity index is 1630. The maximum atomic E-state index is 13.1. The Hall–Kier alpha value is -4.90. The van der Waals surface area contributed by atoms with Crippen LogP contribution in [0.3, 0.4) is 0 Å². The third kappa shape index (κ3) is 5.32. The van der Waals surface area contributed by atoms with E-state index in [0.29, 0.717) is 46.5 Å². The van der Waals surface area contributed by atoms with Gasteiger partial charge in [0.15, 0.2) is 11.6 Å². The molecule has 3 aromatic heterocycles. The number of hydrogen-bond donors (Lipinski definition) is 2. The van der Waals surface area contributed by atoms with Gasteiger partial charge in [0.05, 0.1) is 11.9 Å². The lowest BCUT2D eigenvalue weighted by Crippen LogP contribution is -2.37. The second kappa shape index (κ2) is 11.1.